The molecule has 19 heavy (non-hydrogen) atoms. The molecule has 0 radical (unpaired) electrons. The van der Waals surface area contributed by atoms with Crippen molar-refractivity contribution in [2.24, 2.45) is 11.8 Å². The van der Waals surface area contributed by atoms with E-state index >= 15 is 0 Å². The van der Waals surface area contributed by atoms with Crippen molar-refractivity contribution >= 4 is 17.3 Å². The average molecular weight is 284 g/mol. The van der Waals surface area contributed by atoms with Gasteiger partial charge in [0, 0.05) is 6.04 Å². The van der Waals surface area contributed by atoms with Crippen LogP contribution in [0.4, 0.5) is 10.1 Å². The van der Waals surface area contributed by atoms with Crippen LogP contribution in [0, 0.1) is 17.7 Å². The summed E-state index contributed by atoms with van der Waals surface area (Å²) in [7, 11) is 0. The first kappa shape index (κ1) is 14.6. The van der Waals surface area contributed by atoms with Gasteiger partial charge in [-0.25, -0.2) is 4.39 Å². The van der Waals surface area contributed by atoms with Crippen LogP contribution in [0.3, 0.4) is 0 Å². The van der Waals surface area contributed by atoms with Crippen LogP contribution in [-0.4, -0.2) is 6.04 Å². The Morgan fingerprint density at radius 1 is 1.37 bits per heavy atom. The number of hydrogen-bond acceptors (Lipinski definition) is 1. The lowest BCUT2D eigenvalue weighted by molar-refractivity contribution is 0.289. The van der Waals surface area contributed by atoms with Gasteiger partial charge in [0.25, 0.3) is 0 Å². The minimum Gasteiger partial charge on any atom is -0.381 e. The van der Waals surface area contributed by atoms with Crippen molar-refractivity contribution in [3.8, 4) is 0 Å². The fourth-order valence-corrected chi connectivity index (χ4v) is 3.30. The van der Waals surface area contributed by atoms with Crippen LogP contribution in [0.25, 0.3) is 0 Å². The molecule has 1 fully saturated rings. The Bertz CT molecular complexity index is 419. The normalized spacial score (nSPS) is 23.6. The minimum absolute atomic E-state index is 0.235. The molecule has 106 valence electrons. The summed E-state index contributed by atoms with van der Waals surface area (Å²) >= 11 is 6.11. The van der Waals surface area contributed by atoms with Gasteiger partial charge in [-0.15, -0.1) is 0 Å². The van der Waals surface area contributed by atoms with Gasteiger partial charge in [-0.2, -0.15) is 0 Å². The molecule has 0 aliphatic heterocycles. The van der Waals surface area contributed by atoms with E-state index < -0.39 is 0 Å². The molecule has 1 saturated carbocycles. The van der Waals surface area contributed by atoms with Gasteiger partial charge in [-0.1, -0.05) is 38.3 Å². The largest absolute Gasteiger partial charge is 0.381 e. The van der Waals surface area contributed by atoms with E-state index in [1.54, 1.807) is 6.07 Å². The van der Waals surface area contributed by atoms with Gasteiger partial charge >= 0.3 is 0 Å². The quantitative estimate of drug-likeness (QED) is 0.770. The zero-order chi connectivity index (χ0) is 13.8. The molecule has 1 aromatic rings. The van der Waals surface area contributed by atoms with Crippen LogP contribution in [0.1, 0.15) is 46.0 Å². The molecule has 0 bridgehead atoms. The van der Waals surface area contributed by atoms with E-state index in [1.807, 2.05) is 0 Å². The van der Waals surface area contributed by atoms with Gasteiger partial charge in [0.05, 0.1) is 10.7 Å². The smallest absolute Gasteiger partial charge is 0.125 e. The summed E-state index contributed by atoms with van der Waals surface area (Å²) in [6, 6.07) is 4.94. The Balaban J connectivity index is 1.96. The maximum Gasteiger partial charge on any atom is 0.125 e. The van der Waals surface area contributed by atoms with Gasteiger partial charge in [0.15, 0.2) is 0 Å². The number of anilines is 1. The molecular weight excluding hydrogens is 261 g/mol. The Morgan fingerprint density at radius 2 is 2.16 bits per heavy atom. The number of benzene rings is 1. The molecular formula is C16H23ClFN. The van der Waals surface area contributed by atoms with E-state index in [9.17, 15) is 4.39 Å². The summed E-state index contributed by atoms with van der Waals surface area (Å²) in [6.45, 7) is 4.56. The summed E-state index contributed by atoms with van der Waals surface area (Å²) in [5, 5.41) is 4.03. The summed E-state index contributed by atoms with van der Waals surface area (Å²) in [5.41, 5.74) is 0.733. The SMILES string of the molecule is CC(C)CC1CCCC(Nc2cc(F)ccc2Cl)C1. The van der Waals surface area contributed by atoms with Gasteiger partial charge in [-0.05, 0) is 49.3 Å². The van der Waals surface area contributed by atoms with Gasteiger partial charge in [-0.3, -0.25) is 0 Å². The van der Waals surface area contributed by atoms with Gasteiger partial charge < -0.3 is 5.32 Å². The van der Waals surface area contributed by atoms with Crippen molar-refractivity contribution in [1.82, 2.24) is 0 Å². The van der Waals surface area contributed by atoms with Crippen molar-refractivity contribution in [3.05, 3.63) is 29.0 Å². The Morgan fingerprint density at radius 3 is 2.89 bits per heavy atom. The van der Waals surface area contributed by atoms with Gasteiger partial charge in [0.1, 0.15) is 5.82 Å². The Labute approximate surface area is 120 Å². The highest BCUT2D eigenvalue weighted by atomic mass is 35.5. The highest BCUT2D eigenvalue weighted by Gasteiger charge is 2.23. The Kier molecular flexibility index (Phi) is 5.09. The summed E-state index contributed by atoms with van der Waals surface area (Å²) in [6.07, 6.45) is 6.19. The first-order valence-corrected chi connectivity index (χ1v) is 7.64. The second-order valence-electron chi connectivity index (χ2n) is 6.13. The van der Waals surface area contributed by atoms with Crippen LogP contribution >= 0.6 is 11.6 Å². The fraction of sp³-hybridized carbons (Fsp3) is 0.625. The third kappa shape index (κ3) is 4.38. The van der Waals surface area contributed by atoms with E-state index in [2.05, 4.69) is 19.2 Å². The number of halogens is 2. The third-order valence-corrected chi connectivity index (χ3v) is 4.21. The lowest BCUT2D eigenvalue weighted by atomic mass is 9.81. The maximum atomic E-state index is 13.3. The second kappa shape index (κ2) is 6.60. The molecule has 0 saturated heterocycles. The topological polar surface area (TPSA) is 12.0 Å². The minimum atomic E-state index is -0.235. The highest BCUT2D eigenvalue weighted by molar-refractivity contribution is 6.33. The van der Waals surface area contributed by atoms with Gasteiger partial charge in [0.2, 0.25) is 0 Å². The monoisotopic (exact) mass is 283 g/mol. The Hall–Kier alpha value is -0.760. The summed E-state index contributed by atoms with van der Waals surface area (Å²) in [5.74, 6) is 1.31. The van der Waals surface area contributed by atoms with E-state index in [0.717, 1.165) is 23.9 Å². The maximum absolute atomic E-state index is 13.3. The summed E-state index contributed by atoms with van der Waals surface area (Å²) in [4.78, 5) is 0. The molecule has 1 nitrogen and oxygen atoms in total. The molecule has 0 amide bonds. The zero-order valence-corrected chi connectivity index (χ0v) is 12.5. The third-order valence-electron chi connectivity index (χ3n) is 3.88. The molecule has 2 rings (SSSR count). The average Bonchev–Trinajstić information content (AvgIpc) is 2.33. The molecule has 2 unspecified atom stereocenters. The molecule has 1 aliphatic carbocycles. The first-order chi connectivity index (χ1) is 9.04. The molecule has 1 aliphatic rings. The predicted molar refractivity (Wildman–Crippen MR) is 80.2 cm³/mol. The van der Waals surface area contributed by atoms with E-state index in [1.165, 1.54) is 37.8 Å². The number of hydrogen-bond donors (Lipinski definition) is 1. The predicted octanol–water partition coefficient (Wildman–Crippen LogP) is 5.50. The summed E-state index contributed by atoms with van der Waals surface area (Å²) < 4.78 is 13.3. The lowest BCUT2D eigenvalue weighted by Crippen LogP contribution is -2.28. The van der Waals surface area contributed by atoms with Crippen molar-refractivity contribution < 1.29 is 4.39 Å². The molecule has 0 spiro atoms. The van der Waals surface area contributed by atoms with Crippen LogP contribution < -0.4 is 5.32 Å². The molecule has 0 aromatic heterocycles. The fourth-order valence-electron chi connectivity index (χ4n) is 3.13. The zero-order valence-electron chi connectivity index (χ0n) is 11.8. The van der Waals surface area contributed by atoms with Crippen LogP contribution in [0.15, 0.2) is 18.2 Å². The van der Waals surface area contributed by atoms with Crippen molar-refractivity contribution in [2.75, 3.05) is 5.32 Å². The van der Waals surface area contributed by atoms with Crippen molar-refractivity contribution in [3.63, 3.8) is 0 Å². The molecule has 0 heterocycles. The van der Waals surface area contributed by atoms with Crippen molar-refractivity contribution in [2.45, 2.75) is 52.0 Å². The first-order valence-electron chi connectivity index (χ1n) is 7.26. The van der Waals surface area contributed by atoms with Crippen LogP contribution in [0.2, 0.25) is 5.02 Å². The van der Waals surface area contributed by atoms with Crippen molar-refractivity contribution in [1.29, 1.82) is 0 Å². The van der Waals surface area contributed by atoms with Crippen LogP contribution in [0.5, 0.6) is 0 Å². The van der Waals surface area contributed by atoms with E-state index in [-0.39, 0.29) is 5.82 Å². The van der Waals surface area contributed by atoms with E-state index in [0.29, 0.717) is 11.1 Å². The molecule has 1 N–H and O–H groups in total. The standard InChI is InChI=1S/C16H23ClFN/c1-11(2)8-12-4-3-5-14(9-12)19-16-10-13(18)6-7-15(16)17/h6-7,10-12,14,19H,3-5,8-9H2,1-2H3. The number of nitrogens with one attached hydrogen (secondary N) is 1. The second-order valence-corrected chi connectivity index (χ2v) is 6.53. The molecule has 1 aromatic carbocycles. The number of rotatable bonds is 4. The van der Waals surface area contributed by atoms with Crippen LogP contribution in [-0.2, 0) is 0 Å². The highest BCUT2D eigenvalue weighted by Crippen LogP contribution is 2.32. The lowest BCUT2D eigenvalue weighted by Gasteiger charge is -2.31. The molecule has 3 heteroatoms. The van der Waals surface area contributed by atoms with E-state index in [4.69, 9.17) is 11.6 Å². The molecule has 2 atom stereocenters.